The first-order valence-electron chi connectivity index (χ1n) is 6.89. The molecule has 5 nitrogen and oxygen atoms in total. The monoisotopic (exact) mass is 349 g/mol. The molecule has 120 valence electrons. The maximum Gasteiger partial charge on any atom is 0.235 e. The van der Waals surface area contributed by atoms with Crippen molar-refractivity contribution >= 4 is 46.7 Å². The van der Waals surface area contributed by atoms with E-state index in [1.165, 1.54) is 11.8 Å². The number of amides is 2. The summed E-state index contributed by atoms with van der Waals surface area (Å²) >= 11 is 7.11. The molecule has 0 aliphatic carbocycles. The van der Waals surface area contributed by atoms with E-state index in [1.807, 2.05) is 6.92 Å². The third-order valence-corrected chi connectivity index (χ3v) is 4.03. The highest BCUT2D eigenvalue weighted by Crippen LogP contribution is 2.19. The van der Waals surface area contributed by atoms with E-state index in [4.69, 9.17) is 11.6 Å². The van der Waals surface area contributed by atoms with Crippen LogP contribution in [0.25, 0.3) is 0 Å². The summed E-state index contributed by atoms with van der Waals surface area (Å²) in [5.41, 5.74) is 1.61. The lowest BCUT2D eigenvalue weighted by Crippen LogP contribution is -2.19. The van der Waals surface area contributed by atoms with Gasteiger partial charge in [-0.1, -0.05) is 17.7 Å². The van der Waals surface area contributed by atoms with Crippen LogP contribution in [0.15, 0.2) is 42.6 Å². The van der Waals surface area contributed by atoms with Gasteiger partial charge >= 0.3 is 0 Å². The summed E-state index contributed by atoms with van der Waals surface area (Å²) in [4.78, 5) is 27.6. The molecular weight excluding hydrogens is 334 g/mol. The molecule has 2 aromatic rings. The van der Waals surface area contributed by atoms with E-state index in [9.17, 15) is 9.59 Å². The second kappa shape index (κ2) is 8.55. The number of aromatic nitrogens is 1. The van der Waals surface area contributed by atoms with Gasteiger partial charge in [0.05, 0.1) is 11.5 Å². The van der Waals surface area contributed by atoms with Gasteiger partial charge in [-0.25, -0.2) is 4.98 Å². The van der Waals surface area contributed by atoms with Crippen LogP contribution in [0.4, 0.5) is 11.5 Å². The van der Waals surface area contributed by atoms with Crippen LogP contribution in [-0.4, -0.2) is 28.3 Å². The molecule has 2 rings (SSSR count). The topological polar surface area (TPSA) is 71.1 Å². The van der Waals surface area contributed by atoms with Crippen molar-refractivity contribution in [2.24, 2.45) is 0 Å². The molecule has 0 saturated heterocycles. The normalized spacial score (nSPS) is 10.2. The van der Waals surface area contributed by atoms with E-state index >= 15 is 0 Å². The first-order valence-corrected chi connectivity index (χ1v) is 8.42. The Labute approximate surface area is 143 Å². The number of carbonyl (C=O) groups excluding carboxylic acids is 2. The molecule has 0 bridgehead atoms. The van der Waals surface area contributed by atoms with Crippen molar-refractivity contribution in [1.29, 1.82) is 0 Å². The number of nitrogens with zero attached hydrogens (tertiary/aromatic N) is 1. The molecule has 2 N–H and O–H groups in total. The summed E-state index contributed by atoms with van der Waals surface area (Å²) in [6.45, 7) is 1.87. The number of hydrogen-bond acceptors (Lipinski definition) is 4. The molecule has 2 amide bonds. The van der Waals surface area contributed by atoms with Crippen molar-refractivity contribution in [1.82, 2.24) is 4.98 Å². The second-order valence-corrected chi connectivity index (χ2v) is 6.19. The van der Waals surface area contributed by atoms with Crippen molar-refractivity contribution in [3.05, 3.63) is 53.2 Å². The number of aryl methyl sites for hydroxylation is 1. The summed E-state index contributed by atoms with van der Waals surface area (Å²) < 4.78 is 0. The van der Waals surface area contributed by atoms with E-state index < -0.39 is 0 Å². The minimum atomic E-state index is -0.191. The molecule has 1 aromatic carbocycles. The van der Waals surface area contributed by atoms with Gasteiger partial charge in [-0.3, -0.25) is 9.59 Å². The molecule has 0 aliphatic rings. The molecule has 0 atom stereocenters. The van der Waals surface area contributed by atoms with E-state index in [0.29, 0.717) is 10.8 Å². The van der Waals surface area contributed by atoms with Gasteiger partial charge < -0.3 is 10.6 Å². The van der Waals surface area contributed by atoms with Gasteiger partial charge in [0.25, 0.3) is 0 Å². The van der Waals surface area contributed by atoms with Crippen LogP contribution in [-0.2, 0) is 9.59 Å². The predicted molar refractivity (Wildman–Crippen MR) is 95.0 cm³/mol. The Morgan fingerprint density at radius 3 is 2.52 bits per heavy atom. The largest absolute Gasteiger partial charge is 0.325 e. The molecule has 0 spiro atoms. The molecule has 0 radical (unpaired) electrons. The van der Waals surface area contributed by atoms with E-state index in [-0.39, 0.29) is 23.3 Å². The molecule has 0 unspecified atom stereocenters. The number of pyridine rings is 1. The summed E-state index contributed by atoms with van der Waals surface area (Å²) in [5.74, 6) is 0.524. The molecule has 7 heteroatoms. The zero-order chi connectivity index (χ0) is 16.7. The number of carbonyl (C=O) groups is 2. The summed E-state index contributed by atoms with van der Waals surface area (Å²) in [7, 11) is 0. The van der Waals surface area contributed by atoms with Crippen molar-refractivity contribution in [2.45, 2.75) is 6.92 Å². The Bertz CT molecular complexity index is 695. The average molecular weight is 350 g/mol. The second-order valence-electron chi connectivity index (χ2n) is 4.76. The van der Waals surface area contributed by atoms with Crippen LogP contribution in [0.3, 0.4) is 0 Å². The van der Waals surface area contributed by atoms with E-state index in [1.54, 1.807) is 42.6 Å². The van der Waals surface area contributed by atoms with Gasteiger partial charge in [0.2, 0.25) is 11.8 Å². The Kier molecular flexibility index (Phi) is 6.43. The van der Waals surface area contributed by atoms with Crippen LogP contribution in [0.5, 0.6) is 0 Å². The summed E-state index contributed by atoms with van der Waals surface area (Å²) in [5, 5.41) is 6.09. The standard InChI is InChI=1S/C16H16ClN3O2S/c1-11-8-12(17)5-6-13(11)19-15(21)9-23-10-16(22)20-14-4-2-3-7-18-14/h2-8H,9-10H2,1H3,(H,19,21)(H,18,20,22). The van der Waals surface area contributed by atoms with Crippen molar-refractivity contribution in [3.8, 4) is 0 Å². The number of thioether (sulfide) groups is 1. The highest BCUT2D eigenvalue weighted by molar-refractivity contribution is 8.00. The first-order chi connectivity index (χ1) is 11.0. The van der Waals surface area contributed by atoms with Crippen LogP contribution in [0.2, 0.25) is 5.02 Å². The number of nitrogens with one attached hydrogen (secondary N) is 2. The maximum absolute atomic E-state index is 11.9. The number of benzene rings is 1. The van der Waals surface area contributed by atoms with Crippen LogP contribution < -0.4 is 10.6 Å². The lowest BCUT2D eigenvalue weighted by atomic mass is 10.2. The van der Waals surface area contributed by atoms with Gasteiger partial charge in [0, 0.05) is 16.9 Å². The van der Waals surface area contributed by atoms with Gasteiger partial charge in [0.1, 0.15) is 5.82 Å². The molecule has 0 aliphatic heterocycles. The smallest absolute Gasteiger partial charge is 0.235 e. The van der Waals surface area contributed by atoms with E-state index in [2.05, 4.69) is 15.6 Å². The van der Waals surface area contributed by atoms with E-state index in [0.717, 1.165) is 11.3 Å². The van der Waals surface area contributed by atoms with Crippen molar-refractivity contribution in [2.75, 3.05) is 22.1 Å². The molecule has 1 heterocycles. The molecular formula is C16H16ClN3O2S. The minimum Gasteiger partial charge on any atom is -0.325 e. The van der Waals surface area contributed by atoms with Gasteiger partial charge in [-0.2, -0.15) is 0 Å². The fourth-order valence-corrected chi connectivity index (χ4v) is 2.65. The third kappa shape index (κ3) is 5.92. The Hall–Kier alpha value is -2.05. The van der Waals surface area contributed by atoms with Gasteiger partial charge in [-0.15, -0.1) is 11.8 Å². The van der Waals surface area contributed by atoms with Crippen molar-refractivity contribution in [3.63, 3.8) is 0 Å². The fraction of sp³-hybridized carbons (Fsp3) is 0.188. The molecule has 23 heavy (non-hydrogen) atoms. The predicted octanol–water partition coefficient (Wildman–Crippen LogP) is 3.35. The summed E-state index contributed by atoms with van der Waals surface area (Å²) in [6.07, 6.45) is 1.60. The number of hydrogen-bond donors (Lipinski definition) is 2. The molecule has 1 aromatic heterocycles. The maximum atomic E-state index is 11.9. The minimum absolute atomic E-state index is 0.161. The highest BCUT2D eigenvalue weighted by Gasteiger charge is 2.08. The van der Waals surface area contributed by atoms with Crippen LogP contribution in [0, 0.1) is 6.92 Å². The zero-order valence-corrected chi connectivity index (χ0v) is 14.1. The lowest BCUT2D eigenvalue weighted by molar-refractivity contribution is -0.114. The Morgan fingerprint density at radius 1 is 1.13 bits per heavy atom. The number of halogens is 1. The quantitative estimate of drug-likeness (QED) is 0.839. The SMILES string of the molecule is Cc1cc(Cl)ccc1NC(=O)CSCC(=O)Nc1ccccn1. The summed E-state index contributed by atoms with van der Waals surface area (Å²) in [6, 6.07) is 10.5. The zero-order valence-electron chi connectivity index (χ0n) is 12.5. The third-order valence-electron chi connectivity index (χ3n) is 2.86. The van der Waals surface area contributed by atoms with Crippen LogP contribution >= 0.6 is 23.4 Å². The van der Waals surface area contributed by atoms with Crippen LogP contribution in [0.1, 0.15) is 5.56 Å². The lowest BCUT2D eigenvalue weighted by Gasteiger charge is -2.08. The van der Waals surface area contributed by atoms with Gasteiger partial charge in [0.15, 0.2) is 0 Å². The average Bonchev–Trinajstić information content (AvgIpc) is 2.51. The highest BCUT2D eigenvalue weighted by atomic mass is 35.5. The molecule has 0 saturated carbocycles. The molecule has 0 fully saturated rings. The van der Waals surface area contributed by atoms with Gasteiger partial charge in [-0.05, 0) is 42.8 Å². The Balaban J connectivity index is 1.73. The Morgan fingerprint density at radius 2 is 1.87 bits per heavy atom. The fourth-order valence-electron chi connectivity index (χ4n) is 1.81. The van der Waals surface area contributed by atoms with Crippen molar-refractivity contribution < 1.29 is 9.59 Å². The number of anilines is 2. The number of rotatable bonds is 6. The first kappa shape index (κ1) is 17.3.